The molecule has 0 unspecified atom stereocenters. The van der Waals surface area contributed by atoms with Crippen LogP contribution in [-0.2, 0) is 11.2 Å². The van der Waals surface area contributed by atoms with Gasteiger partial charge in [0, 0.05) is 5.56 Å². The Morgan fingerprint density at radius 1 is 1.11 bits per heavy atom. The number of carboxylic acid groups (broad SMARTS) is 1. The Morgan fingerprint density at radius 2 is 1.84 bits per heavy atom. The molecule has 2 rings (SSSR count). The summed E-state index contributed by atoms with van der Waals surface area (Å²) in [5.41, 5.74) is 1.85. The van der Waals surface area contributed by atoms with Gasteiger partial charge in [-0.05, 0) is 29.8 Å². The van der Waals surface area contributed by atoms with Gasteiger partial charge >= 0.3 is 5.97 Å². The molecule has 0 aliphatic heterocycles. The van der Waals surface area contributed by atoms with E-state index < -0.39 is 5.97 Å². The molecule has 19 heavy (non-hydrogen) atoms. The van der Waals surface area contributed by atoms with Crippen LogP contribution in [0.5, 0.6) is 0 Å². The largest absolute Gasteiger partial charge is 0.481 e. The molecule has 2 aromatic rings. The van der Waals surface area contributed by atoms with Crippen LogP contribution in [0, 0.1) is 0 Å². The van der Waals surface area contributed by atoms with Gasteiger partial charge < -0.3 is 5.11 Å². The zero-order chi connectivity index (χ0) is 14.0. The molecule has 1 aromatic heterocycles. The van der Waals surface area contributed by atoms with Gasteiger partial charge in [0.25, 0.3) is 0 Å². The fourth-order valence-corrected chi connectivity index (χ4v) is 2.18. The number of nitrogens with zero attached hydrogens (tertiary/aromatic N) is 1. The Bertz CT molecular complexity index is 644. The van der Waals surface area contributed by atoms with Crippen LogP contribution >= 0.6 is 34.8 Å². The van der Waals surface area contributed by atoms with Crippen molar-refractivity contribution in [2.75, 3.05) is 0 Å². The average Bonchev–Trinajstić information content (AvgIpc) is 2.32. The lowest BCUT2D eigenvalue weighted by molar-refractivity contribution is -0.136. The normalized spacial score (nSPS) is 10.5. The number of aromatic nitrogens is 1. The van der Waals surface area contributed by atoms with E-state index in [1.54, 1.807) is 30.3 Å². The number of hydrogen-bond acceptors (Lipinski definition) is 2. The second-order valence-electron chi connectivity index (χ2n) is 3.84. The minimum absolute atomic E-state index is 0.165. The molecule has 0 bridgehead atoms. The number of benzene rings is 1. The molecule has 1 aromatic carbocycles. The Morgan fingerprint density at radius 3 is 2.42 bits per heavy atom. The van der Waals surface area contributed by atoms with Crippen molar-refractivity contribution in [3.8, 4) is 11.1 Å². The van der Waals surface area contributed by atoms with Crippen molar-refractivity contribution < 1.29 is 9.90 Å². The van der Waals surface area contributed by atoms with Crippen LogP contribution in [0.4, 0.5) is 0 Å². The van der Waals surface area contributed by atoms with E-state index in [-0.39, 0.29) is 11.6 Å². The van der Waals surface area contributed by atoms with Gasteiger partial charge in [0.05, 0.1) is 22.2 Å². The van der Waals surface area contributed by atoms with E-state index in [0.29, 0.717) is 21.3 Å². The topological polar surface area (TPSA) is 50.2 Å². The quantitative estimate of drug-likeness (QED) is 0.857. The van der Waals surface area contributed by atoms with Gasteiger partial charge in [-0.3, -0.25) is 4.79 Å². The highest BCUT2D eigenvalue weighted by Crippen LogP contribution is 2.31. The molecular weight excluding hydrogens is 309 g/mol. The molecule has 1 N–H and O–H groups in total. The van der Waals surface area contributed by atoms with Crippen molar-refractivity contribution in [1.29, 1.82) is 0 Å². The summed E-state index contributed by atoms with van der Waals surface area (Å²) in [6.45, 7) is 0. The molecule has 0 aliphatic carbocycles. The summed E-state index contributed by atoms with van der Waals surface area (Å²) in [7, 11) is 0. The zero-order valence-corrected chi connectivity index (χ0v) is 11.8. The van der Waals surface area contributed by atoms with Crippen LogP contribution < -0.4 is 0 Å². The predicted octanol–water partition coefficient (Wildman–Crippen LogP) is 4.34. The van der Waals surface area contributed by atoms with Crippen LogP contribution in [0.3, 0.4) is 0 Å². The molecule has 3 nitrogen and oxygen atoms in total. The van der Waals surface area contributed by atoms with E-state index in [4.69, 9.17) is 39.9 Å². The maximum atomic E-state index is 10.6. The number of aliphatic carboxylic acids is 1. The van der Waals surface area contributed by atoms with E-state index in [1.165, 1.54) is 0 Å². The Kier molecular flexibility index (Phi) is 4.30. The van der Waals surface area contributed by atoms with Gasteiger partial charge in [-0.1, -0.05) is 40.9 Å². The van der Waals surface area contributed by atoms with Crippen LogP contribution in [0.15, 0.2) is 30.3 Å². The molecule has 0 fully saturated rings. The molecule has 98 valence electrons. The molecule has 0 spiro atoms. The van der Waals surface area contributed by atoms with Crippen LogP contribution in [0.25, 0.3) is 11.1 Å². The maximum Gasteiger partial charge on any atom is 0.309 e. The van der Waals surface area contributed by atoms with Gasteiger partial charge in [-0.25, -0.2) is 4.98 Å². The SMILES string of the molecule is O=C(O)Cc1ccc(-c2ccc(Cl)c(Cl)c2)c(Cl)n1. The lowest BCUT2D eigenvalue weighted by Gasteiger charge is -2.07. The number of halogens is 3. The first-order chi connectivity index (χ1) is 8.97. The van der Waals surface area contributed by atoms with E-state index in [1.807, 2.05) is 0 Å². The van der Waals surface area contributed by atoms with E-state index >= 15 is 0 Å². The summed E-state index contributed by atoms with van der Waals surface area (Å²) in [6.07, 6.45) is -0.165. The van der Waals surface area contributed by atoms with Crippen molar-refractivity contribution in [3.05, 3.63) is 51.2 Å². The van der Waals surface area contributed by atoms with Crippen LogP contribution in [0.1, 0.15) is 5.69 Å². The monoisotopic (exact) mass is 315 g/mol. The van der Waals surface area contributed by atoms with Crippen LogP contribution in [-0.4, -0.2) is 16.1 Å². The minimum Gasteiger partial charge on any atom is -0.481 e. The molecule has 6 heteroatoms. The Labute approximate surface area is 124 Å². The van der Waals surface area contributed by atoms with E-state index in [0.717, 1.165) is 5.56 Å². The van der Waals surface area contributed by atoms with Crippen molar-refractivity contribution in [1.82, 2.24) is 4.98 Å². The fraction of sp³-hybridized carbons (Fsp3) is 0.0769. The summed E-state index contributed by atoms with van der Waals surface area (Å²) >= 11 is 17.8. The summed E-state index contributed by atoms with van der Waals surface area (Å²) in [4.78, 5) is 14.7. The van der Waals surface area contributed by atoms with Crippen LogP contribution in [0.2, 0.25) is 15.2 Å². The number of carboxylic acids is 1. The van der Waals surface area contributed by atoms with Gasteiger partial charge in [0.15, 0.2) is 0 Å². The minimum atomic E-state index is -0.953. The van der Waals surface area contributed by atoms with E-state index in [2.05, 4.69) is 4.98 Å². The number of pyridine rings is 1. The second-order valence-corrected chi connectivity index (χ2v) is 5.01. The zero-order valence-electron chi connectivity index (χ0n) is 9.53. The third-order valence-electron chi connectivity index (χ3n) is 2.47. The third-order valence-corrected chi connectivity index (χ3v) is 3.50. The first kappa shape index (κ1) is 14.1. The number of carbonyl (C=O) groups is 1. The average molecular weight is 317 g/mol. The number of hydrogen-bond donors (Lipinski definition) is 1. The molecule has 0 atom stereocenters. The smallest absolute Gasteiger partial charge is 0.309 e. The van der Waals surface area contributed by atoms with Crippen molar-refractivity contribution in [2.24, 2.45) is 0 Å². The van der Waals surface area contributed by atoms with E-state index in [9.17, 15) is 4.79 Å². The lowest BCUT2D eigenvalue weighted by Crippen LogP contribution is -2.02. The molecule has 0 radical (unpaired) electrons. The maximum absolute atomic E-state index is 10.6. The summed E-state index contributed by atoms with van der Waals surface area (Å²) in [6, 6.07) is 8.46. The van der Waals surface area contributed by atoms with Gasteiger partial charge in [-0.2, -0.15) is 0 Å². The van der Waals surface area contributed by atoms with Gasteiger partial charge in [-0.15, -0.1) is 0 Å². The molecule has 0 saturated carbocycles. The molecule has 1 heterocycles. The van der Waals surface area contributed by atoms with Gasteiger partial charge in [0.2, 0.25) is 0 Å². The predicted molar refractivity (Wildman–Crippen MR) is 76.0 cm³/mol. The van der Waals surface area contributed by atoms with Crippen molar-refractivity contribution >= 4 is 40.8 Å². The molecular formula is C13H8Cl3NO2. The second kappa shape index (κ2) is 5.78. The third kappa shape index (κ3) is 3.38. The summed E-state index contributed by atoms with van der Waals surface area (Å²) in [5.74, 6) is -0.953. The molecule has 0 saturated heterocycles. The number of rotatable bonds is 3. The van der Waals surface area contributed by atoms with Gasteiger partial charge in [0.1, 0.15) is 5.15 Å². The highest BCUT2D eigenvalue weighted by Gasteiger charge is 2.09. The van der Waals surface area contributed by atoms with Crippen molar-refractivity contribution in [2.45, 2.75) is 6.42 Å². The summed E-state index contributed by atoms with van der Waals surface area (Å²) in [5, 5.41) is 9.81. The summed E-state index contributed by atoms with van der Waals surface area (Å²) < 4.78 is 0. The first-order valence-corrected chi connectivity index (χ1v) is 6.43. The Balaban J connectivity index is 2.40. The first-order valence-electron chi connectivity index (χ1n) is 5.30. The highest BCUT2D eigenvalue weighted by atomic mass is 35.5. The fourth-order valence-electron chi connectivity index (χ4n) is 1.60. The lowest BCUT2D eigenvalue weighted by atomic mass is 10.1. The molecule has 0 aliphatic rings. The highest BCUT2D eigenvalue weighted by molar-refractivity contribution is 6.42. The molecule has 0 amide bonds. The van der Waals surface area contributed by atoms with Crippen molar-refractivity contribution in [3.63, 3.8) is 0 Å². The Hall–Kier alpha value is -1.29. The standard InChI is InChI=1S/C13H8Cl3NO2/c14-10-4-1-7(5-11(10)15)9-3-2-8(6-12(18)19)17-13(9)16/h1-5H,6H2,(H,18,19).